The molecule has 0 atom stereocenters. The molecule has 1 fully saturated rings. The number of fused-ring (bicyclic) bond motifs is 2. The van der Waals surface area contributed by atoms with Crippen LogP contribution in [-0.2, 0) is 21.6 Å². The minimum Gasteiger partial charge on any atom is -0.480 e. The second-order valence-corrected chi connectivity index (χ2v) is 8.47. The van der Waals surface area contributed by atoms with Gasteiger partial charge in [-0.1, -0.05) is 30.3 Å². The number of ether oxygens (including phenoxy) is 1. The number of aromatic nitrogens is 1. The molecule has 4 aromatic heterocycles. The van der Waals surface area contributed by atoms with Gasteiger partial charge in [0.05, 0.1) is 11.6 Å². The van der Waals surface area contributed by atoms with Crippen molar-refractivity contribution in [2.24, 2.45) is 0 Å². The number of carboxylic acid groups (broad SMARTS) is 1. The fraction of sp³-hybridized carbons (Fsp3) is 0.148. The maximum absolute atomic E-state index is 12.5. The molecule has 9 nitrogen and oxygen atoms in total. The third kappa shape index (κ3) is 3.84. The minimum absolute atomic E-state index is 0.113. The van der Waals surface area contributed by atoms with E-state index in [0.717, 1.165) is 5.56 Å². The van der Waals surface area contributed by atoms with E-state index in [-0.39, 0.29) is 18.1 Å². The number of benzene rings is 1. The van der Waals surface area contributed by atoms with Crippen LogP contribution >= 0.6 is 0 Å². The van der Waals surface area contributed by atoms with E-state index in [1.54, 1.807) is 24.4 Å². The number of nitrogens with one attached hydrogen (secondary N) is 1. The van der Waals surface area contributed by atoms with Gasteiger partial charge >= 0.3 is 12.1 Å². The van der Waals surface area contributed by atoms with Gasteiger partial charge in [0.25, 0.3) is 5.78 Å². The van der Waals surface area contributed by atoms with Crippen molar-refractivity contribution in [3.05, 3.63) is 83.8 Å². The summed E-state index contributed by atoms with van der Waals surface area (Å²) in [5, 5.41) is 13.4. The number of carboxylic acids is 1. The van der Waals surface area contributed by atoms with Crippen LogP contribution in [0.5, 0.6) is 0 Å². The van der Waals surface area contributed by atoms with Gasteiger partial charge < -0.3 is 23.1 Å². The van der Waals surface area contributed by atoms with Crippen LogP contribution in [0.15, 0.2) is 74.2 Å². The Morgan fingerprint density at radius 1 is 1.08 bits per heavy atom. The van der Waals surface area contributed by atoms with Crippen molar-refractivity contribution >= 4 is 39.9 Å². The van der Waals surface area contributed by atoms with Crippen molar-refractivity contribution in [2.45, 2.75) is 24.9 Å². The third-order valence-electron chi connectivity index (χ3n) is 6.08. The van der Waals surface area contributed by atoms with Gasteiger partial charge in [0.2, 0.25) is 5.76 Å². The van der Waals surface area contributed by atoms with E-state index in [2.05, 4.69) is 22.1 Å². The largest absolute Gasteiger partial charge is 0.480 e. The van der Waals surface area contributed by atoms with E-state index in [1.165, 1.54) is 6.20 Å². The number of furan rings is 3. The standard InChI is InChI=1S/C27H18N2O7/c30-25(31)27(9-10-27)22-13-17-12-18(34-24(17)36-22)6-7-20-23(19-8-11-28-14-21(19)35-20)29-26(32)33-15-16-4-2-1-3-5-16/h1-5,8,11-14H,9-10,15H2,(H,29,32)(H,30,31). The smallest absolute Gasteiger partial charge is 0.412 e. The Hall–Kier alpha value is -4.97. The number of hydrogen-bond acceptors (Lipinski definition) is 7. The van der Waals surface area contributed by atoms with Gasteiger partial charge in [-0.05, 0) is 42.4 Å². The molecule has 0 saturated heterocycles. The Kier molecular flexibility index (Phi) is 5.00. The molecule has 0 bridgehead atoms. The Bertz CT molecular complexity index is 1650. The van der Waals surface area contributed by atoms with Gasteiger partial charge in [-0.3, -0.25) is 15.1 Å². The van der Waals surface area contributed by atoms with Gasteiger partial charge in [0, 0.05) is 17.6 Å². The number of pyridine rings is 1. The summed E-state index contributed by atoms with van der Waals surface area (Å²) < 4.78 is 22.4. The molecule has 9 heteroatoms. The molecule has 1 amide bonds. The van der Waals surface area contributed by atoms with Crippen LogP contribution in [0.1, 0.15) is 35.7 Å². The molecular weight excluding hydrogens is 464 g/mol. The first kappa shape index (κ1) is 21.6. The average molecular weight is 482 g/mol. The fourth-order valence-electron chi connectivity index (χ4n) is 3.97. The number of carbonyl (C=O) groups is 2. The predicted molar refractivity (Wildman–Crippen MR) is 127 cm³/mol. The Morgan fingerprint density at radius 3 is 2.67 bits per heavy atom. The highest BCUT2D eigenvalue weighted by Crippen LogP contribution is 2.50. The van der Waals surface area contributed by atoms with Gasteiger partial charge in [0.15, 0.2) is 11.3 Å². The summed E-state index contributed by atoms with van der Waals surface area (Å²) in [5.74, 6) is 5.93. The number of anilines is 1. The zero-order valence-electron chi connectivity index (χ0n) is 18.7. The summed E-state index contributed by atoms with van der Waals surface area (Å²) in [4.78, 5) is 28.1. The summed E-state index contributed by atoms with van der Waals surface area (Å²) in [5.41, 5.74) is 0.704. The molecule has 1 aromatic carbocycles. The number of hydrogen-bond donors (Lipinski definition) is 2. The van der Waals surface area contributed by atoms with Gasteiger partial charge in [0.1, 0.15) is 23.5 Å². The highest BCUT2D eigenvalue weighted by atomic mass is 16.5. The number of aliphatic carboxylic acids is 1. The van der Waals surface area contributed by atoms with Crippen molar-refractivity contribution in [2.75, 3.05) is 5.32 Å². The Labute approximate surface area is 203 Å². The minimum atomic E-state index is -0.953. The first-order valence-electron chi connectivity index (χ1n) is 11.2. The molecule has 1 saturated carbocycles. The highest BCUT2D eigenvalue weighted by Gasteiger charge is 2.54. The maximum Gasteiger partial charge on any atom is 0.412 e. The molecule has 6 rings (SSSR count). The molecule has 0 aliphatic heterocycles. The lowest BCUT2D eigenvalue weighted by atomic mass is 10.0. The first-order valence-corrected chi connectivity index (χ1v) is 11.2. The predicted octanol–water partition coefficient (Wildman–Crippen LogP) is 5.43. The van der Waals surface area contributed by atoms with Crippen LogP contribution in [0.3, 0.4) is 0 Å². The monoisotopic (exact) mass is 482 g/mol. The highest BCUT2D eigenvalue weighted by molar-refractivity contribution is 6.00. The molecule has 0 radical (unpaired) electrons. The van der Waals surface area contributed by atoms with Gasteiger partial charge in [-0.2, -0.15) is 0 Å². The van der Waals surface area contributed by atoms with Crippen LogP contribution in [0.2, 0.25) is 0 Å². The van der Waals surface area contributed by atoms with Crippen LogP contribution in [-0.4, -0.2) is 22.2 Å². The van der Waals surface area contributed by atoms with Crippen molar-refractivity contribution in [3.8, 4) is 11.8 Å². The molecule has 178 valence electrons. The first-order chi connectivity index (χ1) is 17.5. The summed E-state index contributed by atoms with van der Waals surface area (Å²) in [6, 6.07) is 14.4. The number of amides is 1. The molecule has 1 aliphatic rings. The topological polar surface area (TPSA) is 128 Å². The second-order valence-electron chi connectivity index (χ2n) is 8.47. The average Bonchev–Trinajstić information content (AvgIpc) is 3.32. The molecule has 0 spiro atoms. The Morgan fingerprint density at radius 2 is 1.92 bits per heavy atom. The normalized spacial score (nSPS) is 13.8. The molecule has 4 heterocycles. The lowest BCUT2D eigenvalue weighted by Crippen LogP contribution is -2.18. The van der Waals surface area contributed by atoms with E-state index in [4.69, 9.17) is 18.0 Å². The van der Waals surface area contributed by atoms with Crippen molar-refractivity contribution < 1.29 is 32.7 Å². The molecular formula is C27H18N2O7. The van der Waals surface area contributed by atoms with Crippen LogP contribution in [0.25, 0.3) is 22.1 Å². The van der Waals surface area contributed by atoms with E-state index < -0.39 is 17.5 Å². The molecule has 1 aliphatic carbocycles. The summed E-state index contributed by atoms with van der Waals surface area (Å²) in [6.07, 6.45) is 3.53. The third-order valence-corrected chi connectivity index (χ3v) is 6.08. The maximum atomic E-state index is 12.5. The second kappa shape index (κ2) is 8.36. The number of carbonyl (C=O) groups excluding carboxylic acids is 1. The zero-order valence-corrected chi connectivity index (χ0v) is 18.7. The van der Waals surface area contributed by atoms with Crippen LogP contribution < -0.4 is 5.32 Å². The molecule has 36 heavy (non-hydrogen) atoms. The lowest BCUT2D eigenvalue weighted by molar-refractivity contribution is -0.140. The van der Waals surface area contributed by atoms with E-state index >= 15 is 0 Å². The van der Waals surface area contributed by atoms with Crippen molar-refractivity contribution in [1.29, 1.82) is 0 Å². The number of rotatable bonds is 5. The molecule has 0 unspecified atom stereocenters. The molecule has 5 aromatic rings. The van der Waals surface area contributed by atoms with Gasteiger partial charge in [-0.25, -0.2) is 4.79 Å². The van der Waals surface area contributed by atoms with Gasteiger partial charge in [-0.15, -0.1) is 0 Å². The summed E-state index contributed by atoms with van der Waals surface area (Å²) >= 11 is 0. The van der Waals surface area contributed by atoms with E-state index in [9.17, 15) is 14.7 Å². The zero-order chi connectivity index (χ0) is 24.7. The fourth-order valence-corrected chi connectivity index (χ4v) is 3.97. The van der Waals surface area contributed by atoms with Crippen LogP contribution in [0.4, 0.5) is 10.5 Å². The SMILES string of the molecule is O=C(Nc1c(C#Cc2cc3cc(C4(C(=O)O)CC4)oc3o2)oc2cnccc12)OCc1ccccc1. The number of nitrogens with zero attached hydrogens (tertiary/aromatic N) is 1. The lowest BCUT2D eigenvalue weighted by Gasteiger charge is -2.06. The van der Waals surface area contributed by atoms with Crippen molar-refractivity contribution in [1.82, 2.24) is 4.98 Å². The van der Waals surface area contributed by atoms with Crippen molar-refractivity contribution in [3.63, 3.8) is 0 Å². The van der Waals surface area contributed by atoms with E-state index in [0.29, 0.717) is 46.4 Å². The summed E-state index contributed by atoms with van der Waals surface area (Å²) in [6.45, 7) is 0.113. The summed E-state index contributed by atoms with van der Waals surface area (Å²) in [7, 11) is 0. The quantitative estimate of drug-likeness (QED) is 0.317. The Balaban J connectivity index is 1.25. The molecule has 2 N–H and O–H groups in total. The van der Waals surface area contributed by atoms with Crippen LogP contribution in [0, 0.1) is 11.8 Å². The van der Waals surface area contributed by atoms with E-state index in [1.807, 2.05) is 30.3 Å².